The van der Waals surface area contributed by atoms with E-state index in [1.807, 2.05) is 25.2 Å². The number of hydrogen-bond acceptors (Lipinski definition) is 6. The zero-order valence-electron chi connectivity index (χ0n) is 13.8. The highest BCUT2D eigenvalue weighted by molar-refractivity contribution is 7.92. The molecule has 3 rings (SSSR count). The Morgan fingerprint density at radius 3 is 2.52 bits per heavy atom. The summed E-state index contributed by atoms with van der Waals surface area (Å²) >= 11 is 0. The van der Waals surface area contributed by atoms with Crippen LogP contribution in [-0.4, -0.2) is 33.9 Å². The van der Waals surface area contributed by atoms with Crippen molar-refractivity contribution < 1.29 is 8.42 Å². The summed E-state index contributed by atoms with van der Waals surface area (Å²) in [6.07, 6.45) is 4.81. The minimum absolute atomic E-state index is 0.0356. The number of anilines is 3. The van der Waals surface area contributed by atoms with E-state index in [0.717, 1.165) is 11.3 Å². The molecule has 0 amide bonds. The molecule has 2 N–H and O–H groups in total. The summed E-state index contributed by atoms with van der Waals surface area (Å²) in [5.41, 5.74) is 2.34. The van der Waals surface area contributed by atoms with Gasteiger partial charge in [-0.15, -0.1) is 0 Å². The Balaban J connectivity index is 1.80. The maximum Gasteiger partial charge on any atom is 0.232 e. The predicted octanol–water partition coefficient (Wildman–Crippen LogP) is 2.38. The lowest BCUT2D eigenvalue weighted by atomic mass is 10.1. The Morgan fingerprint density at radius 2 is 1.88 bits per heavy atom. The average molecular weight is 358 g/mol. The fourth-order valence-corrected chi connectivity index (χ4v) is 2.89. The van der Waals surface area contributed by atoms with E-state index < -0.39 is 10.0 Å². The first-order valence-electron chi connectivity index (χ1n) is 7.65. The third-order valence-electron chi connectivity index (χ3n) is 3.53. The number of aryl methyl sites for hydroxylation is 1. The quantitative estimate of drug-likeness (QED) is 0.701. The molecular weight excluding hydrogens is 340 g/mol. The maximum atomic E-state index is 11.6. The lowest BCUT2D eigenvalue weighted by molar-refractivity contribution is 0.602. The number of aromatic nitrogens is 4. The van der Waals surface area contributed by atoms with Gasteiger partial charge < -0.3 is 5.32 Å². The number of sulfonamides is 1. The molecule has 0 radical (unpaired) electrons. The van der Waals surface area contributed by atoms with Crippen molar-refractivity contribution in [1.82, 2.24) is 19.7 Å². The van der Waals surface area contributed by atoms with Crippen molar-refractivity contribution in [1.29, 1.82) is 0 Å². The number of nitrogens with one attached hydrogen (secondary N) is 2. The van der Waals surface area contributed by atoms with E-state index in [0.29, 0.717) is 17.3 Å². The van der Waals surface area contributed by atoms with Gasteiger partial charge in [0.25, 0.3) is 0 Å². The van der Waals surface area contributed by atoms with Gasteiger partial charge >= 0.3 is 0 Å². The highest BCUT2D eigenvalue weighted by Gasteiger charge is 2.10. The van der Waals surface area contributed by atoms with E-state index in [2.05, 4.69) is 25.1 Å². The number of nitrogens with zero attached hydrogens (tertiary/aromatic N) is 4. The molecular formula is C16H18N6O2S. The summed E-state index contributed by atoms with van der Waals surface area (Å²) in [7, 11) is -1.44. The molecule has 1 aromatic carbocycles. The van der Waals surface area contributed by atoms with Gasteiger partial charge in [-0.25, -0.2) is 13.4 Å². The molecule has 9 heteroatoms. The fraction of sp³-hybridized carbons (Fsp3) is 0.188. The molecule has 0 atom stereocenters. The third-order valence-corrected chi connectivity index (χ3v) is 4.84. The second-order valence-corrected chi connectivity index (χ2v) is 7.35. The van der Waals surface area contributed by atoms with Gasteiger partial charge in [-0.2, -0.15) is 5.10 Å². The summed E-state index contributed by atoms with van der Waals surface area (Å²) < 4.78 is 27.5. The van der Waals surface area contributed by atoms with E-state index in [1.165, 1.54) is 0 Å². The molecule has 0 aliphatic heterocycles. The van der Waals surface area contributed by atoms with Gasteiger partial charge in [0, 0.05) is 36.8 Å². The second-order valence-electron chi connectivity index (χ2n) is 5.34. The summed E-state index contributed by atoms with van der Waals surface area (Å²) in [5.74, 6) is 1.29. The van der Waals surface area contributed by atoms with Crippen LogP contribution in [0.5, 0.6) is 0 Å². The molecule has 0 aliphatic rings. The van der Waals surface area contributed by atoms with Gasteiger partial charge in [-0.3, -0.25) is 14.4 Å². The van der Waals surface area contributed by atoms with Crippen LogP contribution in [0.4, 0.5) is 17.3 Å². The van der Waals surface area contributed by atoms with Crippen LogP contribution in [0.3, 0.4) is 0 Å². The van der Waals surface area contributed by atoms with Gasteiger partial charge in [0.15, 0.2) is 5.82 Å². The molecule has 2 aromatic heterocycles. The zero-order chi connectivity index (χ0) is 17.9. The SMILES string of the molecule is CCS(=O)(=O)Nc1ccc(-c2cc(Nc3cnccn3)nn2C)cc1. The van der Waals surface area contributed by atoms with Crippen LogP contribution >= 0.6 is 0 Å². The van der Waals surface area contributed by atoms with Gasteiger partial charge in [0.1, 0.15) is 5.82 Å². The standard InChI is InChI=1S/C16H18N6O2S/c1-3-25(23,24)21-13-6-4-12(5-7-13)14-10-15(20-22(14)2)19-16-11-17-8-9-18-16/h4-11,21H,3H2,1-2H3,(H,18,19,20). The normalized spacial score (nSPS) is 11.3. The summed E-state index contributed by atoms with van der Waals surface area (Å²) in [4.78, 5) is 8.15. The van der Waals surface area contributed by atoms with Crippen LogP contribution in [0.25, 0.3) is 11.3 Å². The molecule has 0 spiro atoms. The summed E-state index contributed by atoms with van der Waals surface area (Å²) in [6.45, 7) is 1.60. The van der Waals surface area contributed by atoms with Crippen molar-refractivity contribution in [2.24, 2.45) is 7.05 Å². The first-order valence-corrected chi connectivity index (χ1v) is 9.30. The van der Waals surface area contributed by atoms with Crippen molar-refractivity contribution >= 4 is 27.3 Å². The van der Waals surface area contributed by atoms with E-state index in [1.54, 1.807) is 42.3 Å². The van der Waals surface area contributed by atoms with Crippen LogP contribution in [-0.2, 0) is 17.1 Å². The minimum Gasteiger partial charge on any atom is -0.322 e. The molecule has 0 unspecified atom stereocenters. The van der Waals surface area contributed by atoms with Crippen LogP contribution in [0.1, 0.15) is 6.92 Å². The molecule has 0 saturated heterocycles. The summed E-state index contributed by atoms with van der Waals surface area (Å²) in [5, 5.41) is 7.49. The Morgan fingerprint density at radius 1 is 1.12 bits per heavy atom. The zero-order valence-corrected chi connectivity index (χ0v) is 14.7. The van der Waals surface area contributed by atoms with E-state index in [9.17, 15) is 8.42 Å². The van der Waals surface area contributed by atoms with Crippen LogP contribution < -0.4 is 10.0 Å². The predicted molar refractivity (Wildman–Crippen MR) is 97.0 cm³/mol. The molecule has 2 heterocycles. The highest BCUT2D eigenvalue weighted by Crippen LogP contribution is 2.25. The highest BCUT2D eigenvalue weighted by atomic mass is 32.2. The Hall–Kier alpha value is -2.94. The molecule has 0 aliphatic carbocycles. The Labute approximate surface area is 146 Å². The second kappa shape index (κ2) is 6.89. The smallest absolute Gasteiger partial charge is 0.232 e. The average Bonchev–Trinajstić information content (AvgIpc) is 2.96. The van der Waals surface area contributed by atoms with Crippen molar-refractivity contribution in [3.05, 3.63) is 48.9 Å². The van der Waals surface area contributed by atoms with Crippen LogP contribution in [0.2, 0.25) is 0 Å². The lowest BCUT2D eigenvalue weighted by Crippen LogP contribution is -2.14. The van der Waals surface area contributed by atoms with E-state index in [4.69, 9.17) is 0 Å². The minimum atomic E-state index is -3.28. The van der Waals surface area contributed by atoms with Gasteiger partial charge in [-0.1, -0.05) is 12.1 Å². The van der Waals surface area contributed by atoms with Crippen molar-refractivity contribution in [3.8, 4) is 11.3 Å². The number of benzene rings is 1. The maximum absolute atomic E-state index is 11.6. The van der Waals surface area contributed by atoms with Crippen molar-refractivity contribution in [2.75, 3.05) is 15.8 Å². The Bertz CT molecular complexity index is 952. The molecule has 130 valence electrons. The van der Waals surface area contributed by atoms with Crippen molar-refractivity contribution in [3.63, 3.8) is 0 Å². The first-order chi connectivity index (χ1) is 12.0. The van der Waals surface area contributed by atoms with Crippen LogP contribution in [0, 0.1) is 0 Å². The lowest BCUT2D eigenvalue weighted by Gasteiger charge is -2.07. The number of rotatable bonds is 6. The van der Waals surface area contributed by atoms with Gasteiger partial charge in [0.05, 0.1) is 17.6 Å². The molecule has 0 saturated carbocycles. The fourth-order valence-electron chi connectivity index (χ4n) is 2.25. The van der Waals surface area contributed by atoms with E-state index >= 15 is 0 Å². The van der Waals surface area contributed by atoms with Gasteiger partial charge in [0.2, 0.25) is 10.0 Å². The first kappa shape index (κ1) is 16.9. The van der Waals surface area contributed by atoms with Crippen molar-refractivity contribution in [2.45, 2.75) is 6.92 Å². The largest absolute Gasteiger partial charge is 0.322 e. The molecule has 8 nitrogen and oxygen atoms in total. The van der Waals surface area contributed by atoms with Gasteiger partial charge in [-0.05, 0) is 19.1 Å². The third kappa shape index (κ3) is 4.13. The monoisotopic (exact) mass is 358 g/mol. The molecule has 25 heavy (non-hydrogen) atoms. The summed E-state index contributed by atoms with van der Waals surface area (Å²) in [6, 6.07) is 9.03. The molecule has 0 bridgehead atoms. The number of hydrogen-bond donors (Lipinski definition) is 2. The van der Waals surface area contributed by atoms with E-state index in [-0.39, 0.29) is 5.75 Å². The Kier molecular flexibility index (Phi) is 4.66. The molecule has 0 fully saturated rings. The topological polar surface area (TPSA) is 102 Å². The van der Waals surface area contributed by atoms with Crippen LogP contribution in [0.15, 0.2) is 48.9 Å². The molecule has 3 aromatic rings.